The van der Waals surface area contributed by atoms with Gasteiger partial charge in [-0.25, -0.2) is 0 Å². The molecule has 1 saturated carbocycles. The molecule has 0 spiro atoms. The molecular formula is C14H24N2O. The molecule has 0 amide bonds. The molecule has 1 N–H and O–H groups in total. The van der Waals surface area contributed by atoms with Crippen LogP contribution in [0.4, 0.5) is 0 Å². The zero-order valence-electron chi connectivity index (χ0n) is 11.5. The Morgan fingerprint density at radius 3 is 2.59 bits per heavy atom. The molecule has 1 aromatic rings. The number of aliphatic hydroxyl groups is 1. The molecule has 1 fully saturated rings. The SMILES string of the molecule is CCc1cc(CC(C)(O)C2(C)CC2)n(CC)n1. The van der Waals surface area contributed by atoms with Gasteiger partial charge in [-0.1, -0.05) is 13.8 Å². The molecule has 0 aliphatic heterocycles. The third-order valence-electron chi connectivity index (χ3n) is 4.40. The van der Waals surface area contributed by atoms with E-state index in [4.69, 9.17) is 0 Å². The molecule has 3 heteroatoms. The van der Waals surface area contributed by atoms with E-state index in [0.29, 0.717) is 6.42 Å². The number of rotatable bonds is 5. The lowest BCUT2D eigenvalue weighted by atomic mass is 9.83. The van der Waals surface area contributed by atoms with E-state index in [0.717, 1.165) is 31.5 Å². The first-order chi connectivity index (χ1) is 7.92. The summed E-state index contributed by atoms with van der Waals surface area (Å²) < 4.78 is 2.03. The van der Waals surface area contributed by atoms with Crippen LogP contribution >= 0.6 is 0 Å². The minimum Gasteiger partial charge on any atom is -0.389 e. The molecule has 2 rings (SSSR count). The third-order valence-corrected chi connectivity index (χ3v) is 4.40. The Kier molecular flexibility index (Phi) is 3.06. The Morgan fingerprint density at radius 2 is 2.12 bits per heavy atom. The topological polar surface area (TPSA) is 38.0 Å². The van der Waals surface area contributed by atoms with E-state index in [2.05, 4.69) is 31.9 Å². The molecular weight excluding hydrogens is 212 g/mol. The zero-order chi connectivity index (χ0) is 12.7. The average Bonchev–Trinajstić information content (AvgIpc) is 2.92. The number of hydrogen-bond acceptors (Lipinski definition) is 2. The Hall–Kier alpha value is -0.830. The van der Waals surface area contributed by atoms with Gasteiger partial charge in [-0.05, 0) is 44.6 Å². The Morgan fingerprint density at radius 1 is 1.47 bits per heavy atom. The molecule has 3 nitrogen and oxygen atoms in total. The largest absolute Gasteiger partial charge is 0.389 e. The lowest BCUT2D eigenvalue weighted by molar-refractivity contribution is -0.00868. The van der Waals surface area contributed by atoms with Crippen molar-refractivity contribution in [2.45, 2.75) is 65.5 Å². The molecule has 0 radical (unpaired) electrons. The fraction of sp³-hybridized carbons (Fsp3) is 0.786. The highest BCUT2D eigenvalue weighted by Gasteiger charge is 2.52. The first-order valence-corrected chi connectivity index (χ1v) is 6.70. The normalized spacial score (nSPS) is 21.2. The maximum atomic E-state index is 10.6. The van der Waals surface area contributed by atoms with Gasteiger partial charge in [0.15, 0.2) is 0 Å². The molecule has 1 heterocycles. The van der Waals surface area contributed by atoms with Gasteiger partial charge in [-0.15, -0.1) is 0 Å². The first-order valence-electron chi connectivity index (χ1n) is 6.70. The summed E-state index contributed by atoms with van der Waals surface area (Å²) in [6, 6.07) is 2.14. The zero-order valence-corrected chi connectivity index (χ0v) is 11.5. The highest BCUT2D eigenvalue weighted by atomic mass is 16.3. The molecule has 1 unspecified atom stereocenters. The summed E-state index contributed by atoms with van der Waals surface area (Å²) in [5, 5.41) is 15.2. The van der Waals surface area contributed by atoms with Crippen LogP contribution in [-0.2, 0) is 19.4 Å². The summed E-state index contributed by atoms with van der Waals surface area (Å²) in [4.78, 5) is 0. The molecule has 0 saturated heterocycles. The van der Waals surface area contributed by atoms with Gasteiger partial charge in [0, 0.05) is 18.7 Å². The van der Waals surface area contributed by atoms with E-state index in [1.54, 1.807) is 0 Å². The fourth-order valence-corrected chi connectivity index (χ4v) is 2.40. The maximum absolute atomic E-state index is 10.6. The van der Waals surface area contributed by atoms with Crippen molar-refractivity contribution in [1.29, 1.82) is 0 Å². The van der Waals surface area contributed by atoms with Gasteiger partial charge in [0.1, 0.15) is 0 Å². The quantitative estimate of drug-likeness (QED) is 0.853. The van der Waals surface area contributed by atoms with E-state index < -0.39 is 5.60 Å². The number of hydrogen-bond donors (Lipinski definition) is 1. The number of aryl methyl sites for hydroxylation is 2. The van der Waals surface area contributed by atoms with Gasteiger partial charge in [0.05, 0.1) is 11.3 Å². The van der Waals surface area contributed by atoms with Crippen LogP contribution in [0.3, 0.4) is 0 Å². The van der Waals surface area contributed by atoms with Gasteiger partial charge in [-0.3, -0.25) is 4.68 Å². The molecule has 1 atom stereocenters. The highest BCUT2D eigenvalue weighted by molar-refractivity contribution is 5.16. The predicted octanol–water partition coefficient (Wildman–Crippen LogP) is 2.56. The van der Waals surface area contributed by atoms with Crippen molar-refractivity contribution in [2.24, 2.45) is 5.41 Å². The average molecular weight is 236 g/mol. The van der Waals surface area contributed by atoms with Crippen molar-refractivity contribution in [3.8, 4) is 0 Å². The Balaban J connectivity index is 2.20. The summed E-state index contributed by atoms with van der Waals surface area (Å²) in [6.07, 6.45) is 3.95. The standard InChI is InChI=1S/C14H24N2O/c1-5-11-9-12(16(6-2)15-11)10-14(4,17)13(3)7-8-13/h9,17H,5-8,10H2,1-4H3. The molecule has 0 aromatic carbocycles. The van der Waals surface area contributed by atoms with Gasteiger partial charge >= 0.3 is 0 Å². The van der Waals surface area contributed by atoms with Crippen LogP contribution in [0.15, 0.2) is 6.07 Å². The second-order valence-electron chi connectivity index (χ2n) is 5.81. The van der Waals surface area contributed by atoms with Crippen LogP contribution in [0.5, 0.6) is 0 Å². The van der Waals surface area contributed by atoms with E-state index >= 15 is 0 Å². The smallest absolute Gasteiger partial charge is 0.0728 e. The number of aromatic nitrogens is 2. The van der Waals surface area contributed by atoms with E-state index in [-0.39, 0.29) is 5.41 Å². The second-order valence-corrected chi connectivity index (χ2v) is 5.81. The fourth-order valence-electron chi connectivity index (χ4n) is 2.40. The van der Waals surface area contributed by atoms with Gasteiger partial charge < -0.3 is 5.11 Å². The molecule has 1 aliphatic carbocycles. The molecule has 0 bridgehead atoms. The molecule has 96 valence electrons. The minimum absolute atomic E-state index is 0.113. The highest BCUT2D eigenvalue weighted by Crippen LogP contribution is 2.54. The predicted molar refractivity (Wildman–Crippen MR) is 68.9 cm³/mol. The maximum Gasteiger partial charge on any atom is 0.0728 e. The summed E-state index contributed by atoms with van der Waals surface area (Å²) in [6.45, 7) is 9.25. The monoisotopic (exact) mass is 236 g/mol. The third kappa shape index (κ3) is 2.25. The van der Waals surface area contributed by atoms with Crippen LogP contribution < -0.4 is 0 Å². The van der Waals surface area contributed by atoms with Gasteiger partial charge in [0.2, 0.25) is 0 Å². The van der Waals surface area contributed by atoms with E-state index in [1.165, 1.54) is 5.69 Å². The lowest BCUT2D eigenvalue weighted by Crippen LogP contribution is -2.37. The van der Waals surface area contributed by atoms with Crippen molar-refractivity contribution in [2.75, 3.05) is 0 Å². The van der Waals surface area contributed by atoms with E-state index in [1.807, 2.05) is 11.6 Å². The van der Waals surface area contributed by atoms with Crippen LogP contribution in [0, 0.1) is 5.41 Å². The summed E-state index contributed by atoms with van der Waals surface area (Å²) in [5.41, 5.74) is 1.80. The first kappa shape index (κ1) is 12.6. The van der Waals surface area contributed by atoms with Crippen LogP contribution in [-0.4, -0.2) is 20.5 Å². The van der Waals surface area contributed by atoms with E-state index in [9.17, 15) is 5.11 Å². The van der Waals surface area contributed by atoms with Gasteiger partial charge in [-0.2, -0.15) is 5.10 Å². The van der Waals surface area contributed by atoms with Crippen molar-refractivity contribution >= 4 is 0 Å². The van der Waals surface area contributed by atoms with Crippen LogP contribution in [0.1, 0.15) is 51.9 Å². The summed E-state index contributed by atoms with van der Waals surface area (Å²) >= 11 is 0. The molecule has 17 heavy (non-hydrogen) atoms. The van der Waals surface area contributed by atoms with Crippen molar-refractivity contribution in [1.82, 2.24) is 9.78 Å². The second kappa shape index (κ2) is 4.13. The van der Waals surface area contributed by atoms with Crippen LogP contribution in [0.25, 0.3) is 0 Å². The summed E-state index contributed by atoms with van der Waals surface area (Å²) in [7, 11) is 0. The summed E-state index contributed by atoms with van der Waals surface area (Å²) in [5.74, 6) is 0. The number of nitrogens with zero attached hydrogens (tertiary/aromatic N) is 2. The van der Waals surface area contributed by atoms with Crippen molar-refractivity contribution in [3.05, 3.63) is 17.5 Å². The lowest BCUT2D eigenvalue weighted by Gasteiger charge is -2.30. The van der Waals surface area contributed by atoms with Gasteiger partial charge in [0.25, 0.3) is 0 Å². The van der Waals surface area contributed by atoms with Crippen molar-refractivity contribution in [3.63, 3.8) is 0 Å². The Bertz CT molecular complexity index is 402. The minimum atomic E-state index is -0.606. The van der Waals surface area contributed by atoms with Crippen LogP contribution in [0.2, 0.25) is 0 Å². The molecule has 1 aliphatic rings. The Labute approximate surface area is 104 Å². The molecule has 1 aromatic heterocycles. The van der Waals surface area contributed by atoms with Crippen molar-refractivity contribution < 1.29 is 5.11 Å².